The molecule has 0 spiro atoms. The van der Waals surface area contributed by atoms with Gasteiger partial charge in [-0.15, -0.1) is 0 Å². The molecular weight excluding hydrogens is 350 g/mol. The van der Waals surface area contributed by atoms with Crippen molar-refractivity contribution in [2.24, 2.45) is 5.92 Å². The number of benzene rings is 1. The maximum Gasteiger partial charge on any atom is 0.254 e. The summed E-state index contributed by atoms with van der Waals surface area (Å²) in [6.45, 7) is 5.25. The molecule has 1 saturated heterocycles. The van der Waals surface area contributed by atoms with E-state index in [0.717, 1.165) is 40.6 Å². The summed E-state index contributed by atoms with van der Waals surface area (Å²) in [6, 6.07) is 11.7. The van der Waals surface area contributed by atoms with Crippen molar-refractivity contribution in [3.05, 3.63) is 71.2 Å². The second-order valence-corrected chi connectivity index (χ2v) is 7.69. The second-order valence-electron chi connectivity index (χ2n) is 7.69. The van der Waals surface area contributed by atoms with E-state index in [1.54, 1.807) is 12.4 Å². The van der Waals surface area contributed by atoms with Crippen molar-refractivity contribution < 1.29 is 9.90 Å². The van der Waals surface area contributed by atoms with Gasteiger partial charge in [0.15, 0.2) is 0 Å². The van der Waals surface area contributed by atoms with Crippen LogP contribution in [-0.2, 0) is 0 Å². The largest absolute Gasteiger partial charge is 0.388 e. The Bertz CT molecular complexity index is 990. The summed E-state index contributed by atoms with van der Waals surface area (Å²) in [5.74, 6) is 0.195. The Morgan fingerprint density at radius 3 is 2.68 bits per heavy atom. The molecule has 0 radical (unpaired) electrons. The summed E-state index contributed by atoms with van der Waals surface area (Å²) in [6.07, 6.45) is 4.46. The Labute approximate surface area is 165 Å². The van der Waals surface area contributed by atoms with E-state index in [-0.39, 0.29) is 11.8 Å². The maximum absolute atomic E-state index is 13.2. The molecule has 5 heteroatoms. The van der Waals surface area contributed by atoms with Crippen LogP contribution in [0.2, 0.25) is 0 Å². The molecule has 4 rings (SSSR count). The van der Waals surface area contributed by atoms with Crippen LogP contribution >= 0.6 is 0 Å². The molecule has 1 fully saturated rings. The zero-order valence-corrected chi connectivity index (χ0v) is 16.3. The van der Waals surface area contributed by atoms with Crippen LogP contribution in [0.15, 0.2) is 48.8 Å². The highest BCUT2D eigenvalue weighted by Gasteiger charge is 2.29. The van der Waals surface area contributed by atoms with Gasteiger partial charge in [0.2, 0.25) is 0 Å². The Morgan fingerprint density at radius 2 is 1.96 bits per heavy atom. The molecule has 1 aliphatic heterocycles. The molecule has 0 aliphatic carbocycles. The van der Waals surface area contributed by atoms with Crippen molar-refractivity contribution in [3.8, 4) is 0 Å². The lowest BCUT2D eigenvalue weighted by Crippen LogP contribution is -2.40. The molecule has 28 heavy (non-hydrogen) atoms. The molecule has 3 heterocycles. The highest BCUT2D eigenvalue weighted by molar-refractivity contribution is 6.06. The fourth-order valence-electron chi connectivity index (χ4n) is 4.06. The number of pyridine rings is 2. The van der Waals surface area contributed by atoms with Crippen LogP contribution in [0.4, 0.5) is 0 Å². The van der Waals surface area contributed by atoms with Gasteiger partial charge in [-0.05, 0) is 61.9 Å². The van der Waals surface area contributed by atoms with E-state index in [1.165, 1.54) is 0 Å². The van der Waals surface area contributed by atoms with Gasteiger partial charge in [0, 0.05) is 36.6 Å². The molecule has 3 aromatic rings. The highest BCUT2D eigenvalue weighted by Crippen LogP contribution is 2.31. The van der Waals surface area contributed by atoms with Gasteiger partial charge in [-0.1, -0.05) is 18.2 Å². The van der Waals surface area contributed by atoms with Gasteiger partial charge in [-0.2, -0.15) is 0 Å². The summed E-state index contributed by atoms with van der Waals surface area (Å²) in [5, 5.41) is 11.5. The number of aliphatic hydroxyl groups is 1. The van der Waals surface area contributed by atoms with Crippen LogP contribution < -0.4 is 0 Å². The van der Waals surface area contributed by atoms with Crippen molar-refractivity contribution in [1.82, 2.24) is 14.9 Å². The minimum atomic E-state index is -0.530. The number of carbonyl (C=O) groups excluding carboxylic acids is 1. The number of aromatic nitrogens is 2. The first-order chi connectivity index (χ1) is 13.5. The molecule has 144 valence electrons. The number of piperidine rings is 1. The molecule has 1 aliphatic rings. The van der Waals surface area contributed by atoms with Crippen molar-refractivity contribution in [1.29, 1.82) is 0 Å². The van der Waals surface area contributed by atoms with Gasteiger partial charge < -0.3 is 10.0 Å². The topological polar surface area (TPSA) is 66.3 Å². The average molecular weight is 375 g/mol. The number of aliphatic hydroxyl groups excluding tert-OH is 1. The lowest BCUT2D eigenvalue weighted by molar-refractivity contribution is 0.0462. The second kappa shape index (κ2) is 7.68. The predicted octanol–water partition coefficient (Wildman–Crippen LogP) is 3.83. The third-order valence-corrected chi connectivity index (χ3v) is 5.62. The van der Waals surface area contributed by atoms with E-state index in [1.807, 2.05) is 55.1 Å². The SMILES string of the molecule is Cc1ccc2c(C(=O)N3CCC([C@H](O)c4cccnc4)CC3)cc(C)nc2c1. The minimum Gasteiger partial charge on any atom is -0.388 e. The summed E-state index contributed by atoms with van der Waals surface area (Å²) in [5.41, 5.74) is 4.41. The number of nitrogens with zero attached hydrogens (tertiary/aromatic N) is 3. The van der Waals surface area contributed by atoms with Crippen LogP contribution in [0.3, 0.4) is 0 Å². The van der Waals surface area contributed by atoms with Crippen molar-refractivity contribution in [2.45, 2.75) is 32.8 Å². The van der Waals surface area contributed by atoms with E-state index in [0.29, 0.717) is 18.7 Å². The fourth-order valence-corrected chi connectivity index (χ4v) is 4.06. The highest BCUT2D eigenvalue weighted by atomic mass is 16.3. The predicted molar refractivity (Wildman–Crippen MR) is 109 cm³/mol. The zero-order valence-electron chi connectivity index (χ0n) is 16.3. The molecule has 0 saturated carbocycles. The van der Waals surface area contributed by atoms with E-state index in [2.05, 4.69) is 9.97 Å². The Hall–Kier alpha value is -2.79. The van der Waals surface area contributed by atoms with Gasteiger partial charge in [-0.25, -0.2) is 0 Å². The number of carbonyl (C=O) groups is 1. The lowest BCUT2D eigenvalue weighted by atomic mass is 9.87. The van der Waals surface area contributed by atoms with E-state index in [9.17, 15) is 9.90 Å². The molecule has 5 nitrogen and oxygen atoms in total. The van der Waals surface area contributed by atoms with Gasteiger partial charge in [0.05, 0.1) is 17.2 Å². The molecular formula is C23H25N3O2. The Morgan fingerprint density at radius 1 is 1.18 bits per heavy atom. The smallest absolute Gasteiger partial charge is 0.254 e. The van der Waals surface area contributed by atoms with Crippen LogP contribution in [0.1, 0.15) is 46.1 Å². The van der Waals surface area contributed by atoms with E-state index < -0.39 is 6.10 Å². The number of hydrogen-bond acceptors (Lipinski definition) is 4. The fraction of sp³-hybridized carbons (Fsp3) is 0.348. The summed E-state index contributed by atoms with van der Waals surface area (Å²) >= 11 is 0. The third-order valence-electron chi connectivity index (χ3n) is 5.62. The number of likely N-dealkylation sites (tertiary alicyclic amines) is 1. The van der Waals surface area contributed by atoms with Gasteiger partial charge in [-0.3, -0.25) is 14.8 Å². The Kier molecular flexibility index (Phi) is 5.09. The lowest BCUT2D eigenvalue weighted by Gasteiger charge is -2.34. The minimum absolute atomic E-state index is 0.0497. The summed E-state index contributed by atoms with van der Waals surface area (Å²) in [4.78, 5) is 23.8. The van der Waals surface area contributed by atoms with Gasteiger partial charge in [0.1, 0.15) is 0 Å². The molecule has 0 unspecified atom stereocenters. The Balaban J connectivity index is 1.51. The quantitative estimate of drug-likeness (QED) is 0.755. The number of amides is 1. The standard InChI is InChI=1S/C23H25N3O2/c1-15-5-6-19-20(13-16(2)25-21(19)12-15)23(28)26-10-7-17(8-11-26)22(27)18-4-3-9-24-14-18/h3-6,9,12-14,17,22,27H,7-8,10-11H2,1-2H3/t22-/m0/s1. The van der Waals surface area contributed by atoms with Crippen molar-refractivity contribution in [2.75, 3.05) is 13.1 Å². The first kappa shape index (κ1) is 18.6. The number of rotatable bonds is 3. The molecule has 1 aromatic carbocycles. The molecule has 1 N–H and O–H groups in total. The summed E-state index contributed by atoms with van der Waals surface area (Å²) in [7, 11) is 0. The van der Waals surface area contributed by atoms with Crippen LogP contribution in [0, 0.1) is 19.8 Å². The normalized spacial score (nSPS) is 16.3. The van der Waals surface area contributed by atoms with E-state index >= 15 is 0 Å². The first-order valence-corrected chi connectivity index (χ1v) is 9.78. The van der Waals surface area contributed by atoms with Gasteiger partial charge >= 0.3 is 0 Å². The van der Waals surface area contributed by atoms with Crippen molar-refractivity contribution in [3.63, 3.8) is 0 Å². The molecule has 2 aromatic heterocycles. The number of fused-ring (bicyclic) bond motifs is 1. The van der Waals surface area contributed by atoms with Crippen LogP contribution in [-0.4, -0.2) is 39.0 Å². The molecule has 1 atom stereocenters. The van der Waals surface area contributed by atoms with Crippen LogP contribution in [0.5, 0.6) is 0 Å². The summed E-state index contributed by atoms with van der Waals surface area (Å²) < 4.78 is 0. The monoisotopic (exact) mass is 375 g/mol. The van der Waals surface area contributed by atoms with E-state index in [4.69, 9.17) is 0 Å². The average Bonchev–Trinajstić information content (AvgIpc) is 2.72. The van der Waals surface area contributed by atoms with Crippen molar-refractivity contribution >= 4 is 16.8 Å². The number of hydrogen-bond donors (Lipinski definition) is 1. The van der Waals surface area contributed by atoms with Gasteiger partial charge in [0.25, 0.3) is 5.91 Å². The third kappa shape index (κ3) is 3.62. The van der Waals surface area contributed by atoms with Crippen LogP contribution in [0.25, 0.3) is 10.9 Å². The maximum atomic E-state index is 13.2. The zero-order chi connectivity index (χ0) is 19.7. The number of aryl methyl sites for hydroxylation is 2. The molecule has 0 bridgehead atoms. The molecule has 1 amide bonds. The first-order valence-electron chi connectivity index (χ1n) is 9.78.